The Bertz CT molecular complexity index is 2520. The first kappa shape index (κ1) is 26.2. The van der Waals surface area contributed by atoms with Crippen LogP contribution in [0.2, 0.25) is 0 Å². The standard InChI is InChI=1S/C42H26N4/c1-3-16-32-30(14-1)31-15-2-4-17-33(31)41-40(32)34-18-5-6-19-35(34)46-42(41)28-13-11-12-27(24-28)29-25-38(36-20-7-9-22-43-36)45-39(26-29)37-21-8-10-23-44-37/h1-26H. The first-order chi connectivity index (χ1) is 22.8. The zero-order valence-electron chi connectivity index (χ0n) is 24.8. The normalized spacial score (nSPS) is 11.5. The fraction of sp³-hybridized carbons (Fsp3) is 0. The van der Waals surface area contributed by atoms with Gasteiger partial charge in [-0.15, -0.1) is 0 Å². The number of para-hydroxylation sites is 1. The number of pyridine rings is 4. The summed E-state index contributed by atoms with van der Waals surface area (Å²) in [5.74, 6) is 0. The minimum Gasteiger partial charge on any atom is -0.255 e. The predicted octanol–water partition coefficient (Wildman–Crippen LogP) is 10.5. The van der Waals surface area contributed by atoms with E-state index in [-0.39, 0.29) is 0 Å². The third-order valence-corrected chi connectivity index (χ3v) is 8.72. The van der Waals surface area contributed by atoms with Gasteiger partial charge in [0.05, 0.1) is 34.0 Å². The van der Waals surface area contributed by atoms with Gasteiger partial charge >= 0.3 is 0 Å². The molecule has 4 nitrogen and oxygen atoms in total. The Labute approximate surface area is 265 Å². The van der Waals surface area contributed by atoms with Crippen molar-refractivity contribution < 1.29 is 0 Å². The summed E-state index contributed by atoms with van der Waals surface area (Å²) in [6.07, 6.45) is 3.60. The van der Waals surface area contributed by atoms with Crippen molar-refractivity contribution in [1.29, 1.82) is 0 Å². The number of aromatic nitrogens is 4. The molecule has 0 saturated carbocycles. The third kappa shape index (κ3) is 4.31. The van der Waals surface area contributed by atoms with Gasteiger partial charge in [-0.1, -0.05) is 97.1 Å². The van der Waals surface area contributed by atoms with Gasteiger partial charge in [-0.3, -0.25) is 9.97 Å². The summed E-state index contributed by atoms with van der Waals surface area (Å²) in [5.41, 5.74) is 8.37. The van der Waals surface area contributed by atoms with Crippen molar-refractivity contribution in [1.82, 2.24) is 19.9 Å². The number of benzene rings is 5. The maximum absolute atomic E-state index is 5.36. The van der Waals surface area contributed by atoms with Crippen LogP contribution in [0.4, 0.5) is 0 Å². The molecule has 214 valence electrons. The second-order valence-electron chi connectivity index (χ2n) is 11.5. The summed E-state index contributed by atoms with van der Waals surface area (Å²) in [6, 6.07) is 50.7. The minimum atomic E-state index is 0.802. The molecule has 0 amide bonds. The summed E-state index contributed by atoms with van der Waals surface area (Å²) in [7, 11) is 0. The average Bonchev–Trinajstić information content (AvgIpc) is 3.15. The van der Waals surface area contributed by atoms with Gasteiger partial charge in [-0.2, -0.15) is 0 Å². The van der Waals surface area contributed by atoms with Crippen molar-refractivity contribution >= 4 is 43.2 Å². The zero-order chi connectivity index (χ0) is 30.5. The molecule has 4 aromatic heterocycles. The molecular formula is C42H26N4. The highest BCUT2D eigenvalue weighted by molar-refractivity contribution is 6.33. The fourth-order valence-corrected chi connectivity index (χ4v) is 6.67. The van der Waals surface area contributed by atoms with Crippen molar-refractivity contribution in [3.8, 4) is 45.2 Å². The molecule has 9 aromatic rings. The second kappa shape index (κ2) is 10.7. The van der Waals surface area contributed by atoms with Crippen molar-refractivity contribution in [2.24, 2.45) is 0 Å². The number of rotatable bonds is 4. The fourth-order valence-electron chi connectivity index (χ4n) is 6.67. The molecule has 0 bridgehead atoms. The second-order valence-corrected chi connectivity index (χ2v) is 11.5. The Morgan fingerprint density at radius 2 is 0.870 bits per heavy atom. The van der Waals surface area contributed by atoms with Gasteiger partial charge < -0.3 is 0 Å². The lowest BCUT2D eigenvalue weighted by atomic mass is 9.89. The van der Waals surface area contributed by atoms with Crippen LogP contribution < -0.4 is 0 Å². The lowest BCUT2D eigenvalue weighted by molar-refractivity contribution is 1.22. The largest absolute Gasteiger partial charge is 0.255 e. The number of nitrogens with zero attached hydrogens (tertiary/aromatic N) is 4. The van der Waals surface area contributed by atoms with Crippen molar-refractivity contribution in [2.45, 2.75) is 0 Å². The van der Waals surface area contributed by atoms with Crippen LogP contribution in [0, 0.1) is 0 Å². The van der Waals surface area contributed by atoms with Gasteiger partial charge in [0.25, 0.3) is 0 Å². The van der Waals surface area contributed by atoms with Gasteiger partial charge in [0.15, 0.2) is 0 Å². The van der Waals surface area contributed by atoms with E-state index in [0.717, 1.165) is 56.1 Å². The Morgan fingerprint density at radius 1 is 0.326 bits per heavy atom. The molecule has 0 aliphatic carbocycles. The summed E-state index contributed by atoms with van der Waals surface area (Å²) in [5, 5.41) is 8.49. The Morgan fingerprint density at radius 3 is 1.50 bits per heavy atom. The van der Waals surface area contributed by atoms with E-state index >= 15 is 0 Å². The van der Waals surface area contributed by atoms with E-state index < -0.39 is 0 Å². The molecule has 0 saturated heterocycles. The summed E-state index contributed by atoms with van der Waals surface area (Å²) in [6.45, 7) is 0. The summed E-state index contributed by atoms with van der Waals surface area (Å²) < 4.78 is 0. The third-order valence-electron chi connectivity index (χ3n) is 8.72. The van der Waals surface area contributed by atoms with E-state index in [9.17, 15) is 0 Å². The highest BCUT2D eigenvalue weighted by Gasteiger charge is 2.18. The SMILES string of the molecule is c1ccc(-c2cc(-c3cccc(-c4nc5ccccc5c5c6ccccc6c6ccccc6c45)c3)cc(-c3ccccn3)n2)nc1. The first-order valence-corrected chi connectivity index (χ1v) is 15.4. The van der Waals surface area contributed by atoms with Crippen LogP contribution in [0.5, 0.6) is 0 Å². The monoisotopic (exact) mass is 586 g/mol. The first-order valence-electron chi connectivity index (χ1n) is 15.4. The Kier molecular flexibility index (Phi) is 6.10. The van der Waals surface area contributed by atoms with Gasteiger partial charge in [0, 0.05) is 34.1 Å². The smallest absolute Gasteiger partial charge is 0.0900 e. The van der Waals surface area contributed by atoms with Crippen molar-refractivity contribution in [2.75, 3.05) is 0 Å². The lowest BCUT2D eigenvalue weighted by Crippen LogP contribution is -1.95. The van der Waals surface area contributed by atoms with Crippen LogP contribution in [-0.2, 0) is 0 Å². The molecule has 4 heterocycles. The zero-order valence-corrected chi connectivity index (χ0v) is 24.8. The van der Waals surface area contributed by atoms with Gasteiger partial charge in [0.1, 0.15) is 0 Å². The number of fused-ring (bicyclic) bond motifs is 8. The maximum Gasteiger partial charge on any atom is 0.0900 e. The van der Waals surface area contributed by atoms with Crippen LogP contribution >= 0.6 is 0 Å². The van der Waals surface area contributed by atoms with Crippen LogP contribution in [0.15, 0.2) is 158 Å². The molecule has 0 N–H and O–H groups in total. The van der Waals surface area contributed by atoms with E-state index in [2.05, 4.69) is 119 Å². The molecule has 9 rings (SSSR count). The number of hydrogen-bond donors (Lipinski definition) is 0. The van der Waals surface area contributed by atoms with Crippen LogP contribution in [0.25, 0.3) is 88.4 Å². The molecule has 46 heavy (non-hydrogen) atoms. The molecule has 0 spiro atoms. The van der Waals surface area contributed by atoms with E-state index in [4.69, 9.17) is 9.97 Å². The molecule has 5 aromatic carbocycles. The van der Waals surface area contributed by atoms with Gasteiger partial charge in [-0.25, -0.2) is 9.97 Å². The lowest BCUT2D eigenvalue weighted by Gasteiger charge is -2.17. The summed E-state index contributed by atoms with van der Waals surface area (Å²) >= 11 is 0. The molecule has 0 unspecified atom stereocenters. The van der Waals surface area contributed by atoms with Crippen LogP contribution in [0.3, 0.4) is 0 Å². The van der Waals surface area contributed by atoms with E-state index in [1.165, 1.54) is 32.3 Å². The highest BCUT2D eigenvalue weighted by atomic mass is 14.8. The molecular weight excluding hydrogens is 560 g/mol. The maximum atomic E-state index is 5.36. The minimum absolute atomic E-state index is 0.802. The Balaban J connectivity index is 1.33. The molecule has 4 heteroatoms. The van der Waals surface area contributed by atoms with Crippen molar-refractivity contribution in [3.05, 3.63) is 158 Å². The van der Waals surface area contributed by atoms with Crippen molar-refractivity contribution in [3.63, 3.8) is 0 Å². The molecule has 0 fully saturated rings. The topological polar surface area (TPSA) is 51.6 Å². The predicted molar refractivity (Wildman–Crippen MR) is 189 cm³/mol. The van der Waals surface area contributed by atoms with E-state index in [0.29, 0.717) is 0 Å². The van der Waals surface area contributed by atoms with Gasteiger partial charge in [0.2, 0.25) is 0 Å². The van der Waals surface area contributed by atoms with E-state index in [1.807, 2.05) is 36.4 Å². The average molecular weight is 587 g/mol. The summed E-state index contributed by atoms with van der Waals surface area (Å²) in [4.78, 5) is 19.6. The molecule has 0 aliphatic heterocycles. The highest BCUT2D eigenvalue weighted by Crippen LogP contribution is 2.43. The molecule has 0 aliphatic rings. The molecule has 0 radical (unpaired) electrons. The van der Waals surface area contributed by atoms with Crippen LogP contribution in [0.1, 0.15) is 0 Å². The molecule has 0 atom stereocenters. The van der Waals surface area contributed by atoms with E-state index in [1.54, 1.807) is 12.4 Å². The Hall–Kier alpha value is -6.26. The van der Waals surface area contributed by atoms with Gasteiger partial charge in [-0.05, 0) is 81.2 Å². The number of hydrogen-bond acceptors (Lipinski definition) is 4. The quantitative estimate of drug-likeness (QED) is 0.193. The van der Waals surface area contributed by atoms with Crippen LogP contribution in [-0.4, -0.2) is 19.9 Å².